The first-order chi connectivity index (χ1) is 6.11. The third kappa shape index (κ3) is 3.42. The molecule has 5 heteroatoms. The van der Waals surface area contributed by atoms with E-state index in [1.165, 1.54) is 12.3 Å². The number of nitrogens with two attached hydrogens (primary N) is 1. The molecule has 0 aromatic carbocycles. The van der Waals surface area contributed by atoms with E-state index in [-0.39, 0.29) is 11.4 Å². The molecule has 0 fully saturated rings. The Labute approximate surface area is 84.9 Å². The first kappa shape index (κ1) is 11.9. The molecule has 0 unspecified atom stereocenters. The van der Waals surface area contributed by atoms with Crippen molar-refractivity contribution in [3.63, 3.8) is 0 Å². The zero-order chi connectivity index (χ0) is 10.4. The monoisotopic (exact) mass is 246 g/mol. The number of aromatic nitrogens is 1. The predicted molar refractivity (Wildman–Crippen MR) is 54.7 cm³/mol. The van der Waals surface area contributed by atoms with Crippen LogP contribution in [-0.4, -0.2) is 16.1 Å². The summed E-state index contributed by atoms with van der Waals surface area (Å²) in [6.07, 6.45) is 1.45. The topological polar surface area (TPSA) is 76.2 Å². The van der Waals surface area contributed by atoms with Gasteiger partial charge in [0.05, 0.1) is 0 Å². The maximum absolute atomic E-state index is 10.4. The normalized spacial score (nSPS) is 8.54. The molecule has 0 spiro atoms. The van der Waals surface area contributed by atoms with E-state index in [9.17, 15) is 4.79 Å². The molecule has 3 N–H and O–H groups in total. The number of hydrogen-bond donors (Lipinski definition) is 2. The number of carboxylic acids is 1. The highest BCUT2D eigenvalue weighted by Crippen LogP contribution is 2.14. The molecule has 1 heterocycles. The molecule has 0 aliphatic rings. The van der Waals surface area contributed by atoms with Crippen molar-refractivity contribution in [1.82, 2.24) is 4.98 Å². The molecule has 0 amide bonds. The molecule has 1 rings (SSSR count). The number of halogens is 1. The summed E-state index contributed by atoms with van der Waals surface area (Å²) >= 11 is 3.08. The summed E-state index contributed by atoms with van der Waals surface area (Å²) in [4.78, 5) is 14.1. The highest BCUT2D eigenvalue weighted by Gasteiger charge is 2.08. The van der Waals surface area contributed by atoms with E-state index < -0.39 is 5.97 Å². The van der Waals surface area contributed by atoms with E-state index in [0.717, 1.165) is 0 Å². The molecule has 0 atom stereocenters. The molecule has 13 heavy (non-hydrogen) atoms. The van der Waals surface area contributed by atoms with Crippen LogP contribution in [0.25, 0.3) is 0 Å². The lowest BCUT2D eigenvalue weighted by atomic mass is 10.3. The quantitative estimate of drug-likeness (QED) is 0.797. The van der Waals surface area contributed by atoms with E-state index in [2.05, 4.69) is 20.9 Å². The largest absolute Gasteiger partial charge is 0.478 e. The summed E-state index contributed by atoms with van der Waals surface area (Å²) in [5.41, 5.74) is 5.29. The van der Waals surface area contributed by atoms with Crippen LogP contribution in [0.5, 0.6) is 0 Å². The van der Waals surface area contributed by atoms with Crippen LogP contribution in [0, 0.1) is 0 Å². The number of carboxylic acid groups (broad SMARTS) is 1. The van der Waals surface area contributed by atoms with Gasteiger partial charge in [0, 0.05) is 10.7 Å². The average Bonchev–Trinajstić information content (AvgIpc) is 2.12. The molecule has 0 aliphatic carbocycles. The first-order valence-electron chi connectivity index (χ1n) is 3.75. The van der Waals surface area contributed by atoms with E-state index in [1.807, 2.05) is 13.8 Å². The molecule has 1 aromatic rings. The standard InChI is InChI=1S/C6H5BrN2O2.C2H6/c7-3-1-4(6(10)11)5(8)9-2-3;1-2/h1-2H,(H2,8,9)(H,10,11);1-2H3. The minimum Gasteiger partial charge on any atom is -0.478 e. The zero-order valence-electron chi connectivity index (χ0n) is 7.41. The fourth-order valence-corrected chi connectivity index (χ4v) is 0.952. The Hall–Kier alpha value is -1.10. The second-order valence-corrected chi connectivity index (χ2v) is 2.81. The summed E-state index contributed by atoms with van der Waals surface area (Å²) in [6.45, 7) is 4.00. The van der Waals surface area contributed by atoms with Crippen LogP contribution in [-0.2, 0) is 0 Å². The van der Waals surface area contributed by atoms with Gasteiger partial charge in [-0.05, 0) is 22.0 Å². The number of nitrogen functional groups attached to an aromatic ring is 1. The third-order valence-corrected chi connectivity index (χ3v) is 1.55. The number of aromatic carboxylic acids is 1. The second-order valence-electron chi connectivity index (χ2n) is 1.89. The maximum Gasteiger partial charge on any atom is 0.339 e. The van der Waals surface area contributed by atoms with Crippen molar-refractivity contribution in [3.8, 4) is 0 Å². The molecular weight excluding hydrogens is 236 g/mol. The number of rotatable bonds is 1. The number of anilines is 1. The Balaban J connectivity index is 0.000000671. The van der Waals surface area contributed by atoms with E-state index >= 15 is 0 Å². The minimum atomic E-state index is -1.07. The summed E-state index contributed by atoms with van der Waals surface area (Å²) in [7, 11) is 0. The van der Waals surface area contributed by atoms with Crippen molar-refractivity contribution in [1.29, 1.82) is 0 Å². The van der Waals surface area contributed by atoms with Gasteiger partial charge in [0.2, 0.25) is 0 Å². The van der Waals surface area contributed by atoms with Crippen molar-refractivity contribution in [2.45, 2.75) is 13.8 Å². The smallest absolute Gasteiger partial charge is 0.339 e. The maximum atomic E-state index is 10.4. The lowest BCUT2D eigenvalue weighted by Crippen LogP contribution is -2.03. The molecule has 0 saturated carbocycles. The van der Waals surface area contributed by atoms with Gasteiger partial charge in [-0.15, -0.1) is 0 Å². The van der Waals surface area contributed by atoms with Gasteiger partial charge in [-0.2, -0.15) is 0 Å². The lowest BCUT2D eigenvalue weighted by Gasteiger charge is -1.98. The second kappa shape index (κ2) is 5.53. The molecule has 72 valence electrons. The van der Waals surface area contributed by atoms with Gasteiger partial charge in [-0.1, -0.05) is 13.8 Å². The van der Waals surface area contributed by atoms with Gasteiger partial charge in [0.15, 0.2) is 0 Å². The third-order valence-electron chi connectivity index (χ3n) is 1.12. The Morgan fingerprint density at radius 2 is 2.15 bits per heavy atom. The molecule has 4 nitrogen and oxygen atoms in total. The van der Waals surface area contributed by atoms with Gasteiger partial charge in [0.1, 0.15) is 11.4 Å². The van der Waals surface area contributed by atoms with Crippen LogP contribution >= 0.6 is 15.9 Å². The predicted octanol–water partition coefficient (Wildman–Crippen LogP) is 2.15. The van der Waals surface area contributed by atoms with Gasteiger partial charge in [-0.25, -0.2) is 9.78 Å². The van der Waals surface area contributed by atoms with Gasteiger partial charge in [-0.3, -0.25) is 0 Å². The van der Waals surface area contributed by atoms with Crippen molar-refractivity contribution >= 4 is 27.7 Å². The van der Waals surface area contributed by atoms with Crippen molar-refractivity contribution in [2.24, 2.45) is 0 Å². The summed E-state index contributed by atoms with van der Waals surface area (Å²) in [5, 5.41) is 8.55. The average molecular weight is 247 g/mol. The highest BCUT2D eigenvalue weighted by atomic mass is 79.9. The van der Waals surface area contributed by atoms with Crippen LogP contribution in [0.2, 0.25) is 0 Å². The first-order valence-corrected chi connectivity index (χ1v) is 4.55. The van der Waals surface area contributed by atoms with Crippen LogP contribution in [0.4, 0.5) is 5.82 Å². The molecular formula is C8H11BrN2O2. The molecule has 1 aromatic heterocycles. The fourth-order valence-electron chi connectivity index (χ4n) is 0.621. The Morgan fingerprint density at radius 3 is 2.54 bits per heavy atom. The molecule has 0 aliphatic heterocycles. The summed E-state index contributed by atoms with van der Waals surface area (Å²) in [6, 6.07) is 1.41. The SMILES string of the molecule is CC.Nc1ncc(Br)cc1C(=O)O. The van der Waals surface area contributed by atoms with Crippen LogP contribution in [0.3, 0.4) is 0 Å². The molecule has 0 saturated heterocycles. The van der Waals surface area contributed by atoms with Crippen LogP contribution in [0.15, 0.2) is 16.7 Å². The van der Waals surface area contributed by atoms with Crippen molar-refractivity contribution < 1.29 is 9.90 Å². The van der Waals surface area contributed by atoms with E-state index in [0.29, 0.717) is 4.47 Å². The number of hydrogen-bond acceptors (Lipinski definition) is 3. The van der Waals surface area contributed by atoms with Crippen LogP contribution < -0.4 is 5.73 Å². The number of pyridine rings is 1. The summed E-state index contributed by atoms with van der Waals surface area (Å²) in [5.74, 6) is -1.04. The Bertz CT molecular complexity index is 302. The van der Waals surface area contributed by atoms with Crippen molar-refractivity contribution in [3.05, 3.63) is 22.3 Å². The van der Waals surface area contributed by atoms with Crippen LogP contribution in [0.1, 0.15) is 24.2 Å². The van der Waals surface area contributed by atoms with E-state index in [4.69, 9.17) is 10.8 Å². The number of carbonyl (C=O) groups is 1. The fraction of sp³-hybridized carbons (Fsp3) is 0.250. The number of nitrogens with zero attached hydrogens (tertiary/aromatic N) is 1. The van der Waals surface area contributed by atoms with Crippen molar-refractivity contribution in [2.75, 3.05) is 5.73 Å². The zero-order valence-corrected chi connectivity index (χ0v) is 9.00. The van der Waals surface area contributed by atoms with Gasteiger partial charge < -0.3 is 10.8 Å². The Kier molecular flexibility index (Phi) is 5.06. The summed E-state index contributed by atoms with van der Waals surface area (Å²) < 4.78 is 0.601. The van der Waals surface area contributed by atoms with Gasteiger partial charge in [0.25, 0.3) is 0 Å². The van der Waals surface area contributed by atoms with E-state index in [1.54, 1.807) is 0 Å². The van der Waals surface area contributed by atoms with Gasteiger partial charge >= 0.3 is 5.97 Å². The Morgan fingerprint density at radius 1 is 1.62 bits per heavy atom. The highest BCUT2D eigenvalue weighted by molar-refractivity contribution is 9.10. The lowest BCUT2D eigenvalue weighted by molar-refractivity contribution is 0.0697. The molecule has 0 radical (unpaired) electrons. The minimum absolute atomic E-state index is 0.0133. The molecule has 0 bridgehead atoms.